The molecule has 0 saturated carbocycles. The number of nitrogens with one attached hydrogen (secondary N) is 2. The Morgan fingerprint density at radius 2 is 1.93 bits per heavy atom. The molecule has 0 aromatic rings. The SMILES string of the molecule is C=C(Cl)CNC(C)C(=O)NC(CC)CC. The topological polar surface area (TPSA) is 41.1 Å². The Morgan fingerprint density at radius 3 is 2.33 bits per heavy atom. The normalized spacial score (nSPS) is 12.6. The van der Waals surface area contributed by atoms with Crippen molar-refractivity contribution in [2.75, 3.05) is 6.54 Å². The Kier molecular flexibility index (Phi) is 7.44. The van der Waals surface area contributed by atoms with Crippen molar-refractivity contribution in [3.8, 4) is 0 Å². The zero-order valence-electron chi connectivity index (χ0n) is 9.77. The number of rotatable bonds is 7. The van der Waals surface area contributed by atoms with E-state index in [0.29, 0.717) is 11.6 Å². The third-order valence-electron chi connectivity index (χ3n) is 2.33. The minimum absolute atomic E-state index is 0.0154. The van der Waals surface area contributed by atoms with Crippen LogP contribution in [0.4, 0.5) is 0 Å². The Morgan fingerprint density at radius 1 is 1.40 bits per heavy atom. The Hall–Kier alpha value is -0.540. The van der Waals surface area contributed by atoms with Gasteiger partial charge in [-0.15, -0.1) is 0 Å². The van der Waals surface area contributed by atoms with Crippen molar-refractivity contribution < 1.29 is 4.79 Å². The van der Waals surface area contributed by atoms with Crippen LogP contribution in [0.1, 0.15) is 33.6 Å². The molecule has 0 bridgehead atoms. The van der Waals surface area contributed by atoms with Gasteiger partial charge in [0.05, 0.1) is 6.04 Å². The summed E-state index contributed by atoms with van der Waals surface area (Å²) in [6.07, 6.45) is 1.91. The summed E-state index contributed by atoms with van der Waals surface area (Å²) in [5.41, 5.74) is 0. The quantitative estimate of drug-likeness (QED) is 0.705. The minimum atomic E-state index is -0.235. The van der Waals surface area contributed by atoms with E-state index in [-0.39, 0.29) is 18.0 Å². The first-order valence-corrected chi connectivity index (χ1v) is 5.76. The van der Waals surface area contributed by atoms with E-state index in [1.54, 1.807) is 0 Å². The molecule has 3 nitrogen and oxygen atoms in total. The van der Waals surface area contributed by atoms with Crippen molar-refractivity contribution in [2.45, 2.75) is 45.7 Å². The summed E-state index contributed by atoms with van der Waals surface area (Å²) in [6, 6.07) is 0.0297. The number of carbonyl (C=O) groups is 1. The van der Waals surface area contributed by atoms with Crippen LogP contribution in [0.2, 0.25) is 0 Å². The number of carbonyl (C=O) groups excluding carboxylic acids is 1. The first-order valence-electron chi connectivity index (χ1n) is 5.38. The average molecular weight is 233 g/mol. The first-order chi connectivity index (χ1) is 7.01. The lowest BCUT2D eigenvalue weighted by molar-refractivity contribution is -0.123. The summed E-state index contributed by atoms with van der Waals surface area (Å²) in [4.78, 5) is 11.6. The zero-order valence-corrected chi connectivity index (χ0v) is 10.5. The molecular formula is C11H21ClN2O. The summed E-state index contributed by atoms with van der Waals surface area (Å²) < 4.78 is 0. The second kappa shape index (κ2) is 7.71. The lowest BCUT2D eigenvalue weighted by Crippen LogP contribution is -2.46. The molecule has 0 spiro atoms. The molecule has 2 N–H and O–H groups in total. The maximum absolute atomic E-state index is 11.6. The Bertz CT molecular complexity index is 215. The van der Waals surface area contributed by atoms with Gasteiger partial charge in [-0.05, 0) is 19.8 Å². The molecule has 0 aromatic heterocycles. The van der Waals surface area contributed by atoms with Crippen LogP contribution in [-0.4, -0.2) is 24.5 Å². The van der Waals surface area contributed by atoms with Gasteiger partial charge in [0.25, 0.3) is 0 Å². The third-order valence-corrected chi connectivity index (χ3v) is 2.46. The van der Waals surface area contributed by atoms with Gasteiger partial charge >= 0.3 is 0 Å². The molecule has 0 heterocycles. The number of hydrogen-bond acceptors (Lipinski definition) is 2. The van der Waals surface area contributed by atoms with E-state index in [4.69, 9.17) is 11.6 Å². The summed E-state index contributed by atoms with van der Waals surface area (Å²) in [5.74, 6) is 0.0154. The van der Waals surface area contributed by atoms with Crippen molar-refractivity contribution >= 4 is 17.5 Å². The van der Waals surface area contributed by atoms with Crippen LogP contribution in [0.15, 0.2) is 11.6 Å². The molecule has 0 saturated heterocycles. The minimum Gasteiger partial charge on any atom is -0.352 e. The molecule has 1 atom stereocenters. The number of hydrogen-bond donors (Lipinski definition) is 2. The number of amides is 1. The van der Waals surface area contributed by atoms with Gasteiger partial charge in [0.15, 0.2) is 0 Å². The highest BCUT2D eigenvalue weighted by Gasteiger charge is 2.14. The fourth-order valence-corrected chi connectivity index (χ4v) is 1.25. The second-order valence-corrected chi connectivity index (χ2v) is 4.18. The van der Waals surface area contributed by atoms with Gasteiger partial charge in [0.1, 0.15) is 0 Å². The number of halogens is 1. The molecule has 0 radical (unpaired) electrons. The van der Waals surface area contributed by atoms with Crippen molar-refractivity contribution in [1.82, 2.24) is 10.6 Å². The summed E-state index contributed by atoms with van der Waals surface area (Å²) >= 11 is 5.60. The fraction of sp³-hybridized carbons (Fsp3) is 0.727. The van der Waals surface area contributed by atoms with E-state index < -0.39 is 0 Å². The highest BCUT2D eigenvalue weighted by molar-refractivity contribution is 6.29. The van der Waals surface area contributed by atoms with E-state index >= 15 is 0 Å². The predicted molar refractivity (Wildman–Crippen MR) is 65.0 cm³/mol. The maximum atomic E-state index is 11.6. The predicted octanol–water partition coefficient (Wildman–Crippen LogP) is 2.02. The van der Waals surface area contributed by atoms with E-state index in [0.717, 1.165) is 12.8 Å². The highest BCUT2D eigenvalue weighted by atomic mass is 35.5. The molecule has 4 heteroatoms. The zero-order chi connectivity index (χ0) is 11.8. The van der Waals surface area contributed by atoms with Gasteiger partial charge in [-0.3, -0.25) is 4.79 Å². The average Bonchev–Trinajstić information content (AvgIpc) is 2.21. The summed E-state index contributed by atoms with van der Waals surface area (Å²) in [6.45, 7) is 9.95. The third kappa shape index (κ3) is 6.52. The molecule has 1 unspecified atom stereocenters. The van der Waals surface area contributed by atoms with Crippen LogP contribution in [0, 0.1) is 0 Å². The molecule has 0 rings (SSSR count). The van der Waals surface area contributed by atoms with E-state index in [9.17, 15) is 4.79 Å². The Balaban J connectivity index is 3.92. The molecule has 0 aliphatic carbocycles. The molecular weight excluding hydrogens is 212 g/mol. The first kappa shape index (κ1) is 14.5. The molecule has 0 aliphatic heterocycles. The summed E-state index contributed by atoms with van der Waals surface area (Å²) in [5, 5.41) is 6.47. The van der Waals surface area contributed by atoms with Crippen molar-refractivity contribution in [2.24, 2.45) is 0 Å². The molecule has 0 aromatic carbocycles. The van der Waals surface area contributed by atoms with Crippen LogP contribution in [0.5, 0.6) is 0 Å². The van der Waals surface area contributed by atoms with E-state index in [1.165, 1.54) is 0 Å². The second-order valence-electron chi connectivity index (χ2n) is 3.64. The van der Waals surface area contributed by atoms with Gasteiger partial charge in [0, 0.05) is 17.6 Å². The smallest absolute Gasteiger partial charge is 0.237 e. The Labute approximate surface area is 97.3 Å². The van der Waals surface area contributed by atoms with Gasteiger partial charge in [-0.2, -0.15) is 0 Å². The van der Waals surface area contributed by atoms with Crippen LogP contribution in [0.3, 0.4) is 0 Å². The molecule has 0 fully saturated rings. The van der Waals surface area contributed by atoms with Gasteiger partial charge in [-0.25, -0.2) is 0 Å². The van der Waals surface area contributed by atoms with Crippen molar-refractivity contribution in [1.29, 1.82) is 0 Å². The van der Waals surface area contributed by atoms with Crippen LogP contribution in [-0.2, 0) is 4.79 Å². The van der Waals surface area contributed by atoms with Gasteiger partial charge in [-0.1, -0.05) is 32.0 Å². The van der Waals surface area contributed by atoms with Crippen molar-refractivity contribution in [3.05, 3.63) is 11.6 Å². The maximum Gasteiger partial charge on any atom is 0.237 e. The van der Waals surface area contributed by atoms with E-state index in [2.05, 4.69) is 31.1 Å². The molecule has 1 amide bonds. The van der Waals surface area contributed by atoms with Gasteiger partial charge in [0.2, 0.25) is 5.91 Å². The summed E-state index contributed by atoms with van der Waals surface area (Å²) in [7, 11) is 0. The lowest BCUT2D eigenvalue weighted by Gasteiger charge is -2.19. The van der Waals surface area contributed by atoms with Crippen molar-refractivity contribution in [3.63, 3.8) is 0 Å². The highest BCUT2D eigenvalue weighted by Crippen LogP contribution is 1.98. The lowest BCUT2D eigenvalue weighted by atomic mass is 10.1. The molecule has 88 valence electrons. The van der Waals surface area contributed by atoms with Crippen LogP contribution >= 0.6 is 11.6 Å². The molecule has 0 aliphatic rings. The largest absolute Gasteiger partial charge is 0.352 e. The standard InChI is InChI=1S/C11H21ClN2O/c1-5-10(6-2)14-11(15)9(4)13-7-8(3)12/h9-10,13H,3,5-7H2,1-2,4H3,(H,14,15). The monoisotopic (exact) mass is 232 g/mol. The van der Waals surface area contributed by atoms with Gasteiger partial charge < -0.3 is 10.6 Å². The molecule has 15 heavy (non-hydrogen) atoms. The van der Waals surface area contributed by atoms with E-state index in [1.807, 2.05) is 6.92 Å². The van der Waals surface area contributed by atoms with Crippen LogP contribution < -0.4 is 10.6 Å². The van der Waals surface area contributed by atoms with Crippen LogP contribution in [0.25, 0.3) is 0 Å². The fourth-order valence-electron chi connectivity index (χ4n) is 1.18.